The zero-order valence-corrected chi connectivity index (χ0v) is 10.6. The van der Waals surface area contributed by atoms with Gasteiger partial charge in [0.15, 0.2) is 0 Å². The molecule has 0 bridgehead atoms. The smallest absolute Gasteiger partial charge is 0.103 e. The first kappa shape index (κ1) is 14.2. The van der Waals surface area contributed by atoms with E-state index >= 15 is 0 Å². The second kappa shape index (κ2) is 6.79. The summed E-state index contributed by atoms with van der Waals surface area (Å²) in [5, 5.41) is 22.0. The zero-order chi connectivity index (χ0) is 12.7. The first-order valence-electron chi connectivity index (χ1n) is 6.17. The number of aryl methyl sites for hydroxylation is 1. The molecule has 17 heavy (non-hydrogen) atoms. The molecule has 1 unspecified atom stereocenters. The third kappa shape index (κ3) is 4.15. The standard InChI is InChI=1S/C13H23NO3/c1-3-13(9-15,10-16)14-11(2)6-7-12-5-4-8-17-12/h4-5,8,11,14-16H,3,6-7,9-10H2,1-2H3. The van der Waals surface area contributed by atoms with Crippen molar-refractivity contribution in [2.45, 2.75) is 44.7 Å². The van der Waals surface area contributed by atoms with Gasteiger partial charge in [-0.1, -0.05) is 6.92 Å². The molecule has 1 aromatic heterocycles. The molecule has 1 atom stereocenters. The number of hydrogen-bond acceptors (Lipinski definition) is 4. The summed E-state index contributed by atoms with van der Waals surface area (Å²) in [4.78, 5) is 0. The zero-order valence-electron chi connectivity index (χ0n) is 10.6. The van der Waals surface area contributed by atoms with Gasteiger partial charge in [-0.2, -0.15) is 0 Å². The van der Waals surface area contributed by atoms with Crippen LogP contribution >= 0.6 is 0 Å². The van der Waals surface area contributed by atoms with Gasteiger partial charge in [0.1, 0.15) is 5.76 Å². The highest BCUT2D eigenvalue weighted by atomic mass is 16.3. The summed E-state index contributed by atoms with van der Waals surface area (Å²) >= 11 is 0. The molecule has 4 nitrogen and oxygen atoms in total. The minimum atomic E-state index is -0.567. The topological polar surface area (TPSA) is 65.6 Å². The largest absolute Gasteiger partial charge is 0.469 e. The van der Waals surface area contributed by atoms with Gasteiger partial charge in [0.2, 0.25) is 0 Å². The summed E-state index contributed by atoms with van der Waals surface area (Å²) in [5.74, 6) is 0.966. The van der Waals surface area contributed by atoms with Crippen LogP contribution in [0, 0.1) is 0 Å². The van der Waals surface area contributed by atoms with E-state index in [0.29, 0.717) is 6.42 Å². The Labute approximate surface area is 103 Å². The van der Waals surface area contributed by atoms with Crippen LogP contribution in [0.1, 0.15) is 32.4 Å². The van der Waals surface area contributed by atoms with Crippen molar-refractivity contribution in [3.8, 4) is 0 Å². The second-order valence-corrected chi connectivity index (χ2v) is 4.61. The van der Waals surface area contributed by atoms with Gasteiger partial charge in [-0.3, -0.25) is 0 Å². The fourth-order valence-corrected chi connectivity index (χ4v) is 1.88. The van der Waals surface area contributed by atoms with Crippen molar-refractivity contribution in [1.82, 2.24) is 5.32 Å². The molecule has 0 radical (unpaired) electrons. The average Bonchev–Trinajstić information content (AvgIpc) is 2.87. The summed E-state index contributed by atoms with van der Waals surface area (Å²) in [6.45, 7) is 3.91. The van der Waals surface area contributed by atoms with E-state index in [9.17, 15) is 10.2 Å². The molecule has 0 spiro atoms. The van der Waals surface area contributed by atoms with Gasteiger partial charge in [0, 0.05) is 12.5 Å². The first-order chi connectivity index (χ1) is 8.15. The van der Waals surface area contributed by atoms with Crippen LogP contribution in [-0.2, 0) is 6.42 Å². The van der Waals surface area contributed by atoms with E-state index in [1.165, 1.54) is 0 Å². The Balaban J connectivity index is 2.39. The molecular formula is C13H23NO3. The molecule has 0 aliphatic heterocycles. The Hall–Kier alpha value is -0.840. The Bertz CT molecular complexity index is 285. The summed E-state index contributed by atoms with van der Waals surface area (Å²) in [6.07, 6.45) is 4.14. The van der Waals surface area contributed by atoms with Gasteiger partial charge < -0.3 is 19.9 Å². The van der Waals surface area contributed by atoms with Crippen LogP contribution in [0.2, 0.25) is 0 Å². The van der Waals surface area contributed by atoms with E-state index in [1.54, 1.807) is 6.26 Å². The normalized spacial score (nSPS) is 13.9. The summed E-state index contributed by atoms with van der Waals surface area (Å²) < 4.78 is 5.27. The van der Waals surface area contributed by atoms with Gasteiger partial charge in [0.05, 0.1) is 25.0 Å². The van der Waals surface area contributed by atoms with Crippen LogP contribution in [-0.4, -0.2) is 35.0 Å². The van der Waals surface area contributed by atoms with Crippen LogP contribution in [0.4, 0.5) is 0 Å². The first-order valence-corrected chi connectivity index (χ1v) is 6.17. The Morgan fingerprint density at radius 1 is 1.41 bits per heavy atom. The quantitative estimate of drug-likeness (QED) is 0.642. The fourth-order valence-electron chi connectivity index (χ4n) is 1.88. The summed E-state index contributed by atoms with van der Waals surface area (Å²) in [6, 6.07) is 4.06. The van der Waals surface area contributed by atoms with E-state index < -0.39 is 5.54 Å². The van der Waals surface area contributed by atoms with Gasteiger partial charge in [-0.15, -0.1) is 0 Å². The number of hydrogen-bond donors (Lipinski definition) is 3. The molecule has 98 valence electrons. The number of rotatable bonds is 8. The van der Waals surface area contributed by atoms with Gasteiger partial charge in [-0.05, 0) is 31.9 Å². The minimum absolute atomic E-state index is 0.0505. The fraction of sp³-hybridized carbons (Fsp3) is 0.692. The number of furan rings is 1. The highest BCUT2D eigenvalue weighted by molar-refractivity contribution is 4.99. The predicted molar refractivity (Wildman–Crippen MR) is 66.8 cm³/mol. The van der Waals surface area contributed by atoms with E-state index in [0.717, 1.165) is 18.6 Å². The molecule has 1 aromatic rings. The van der Waals surface area contributed by atoms with Crippen molar-refractivity contribution in [3.63, 3.8) is 0 Å². The Morgan fingerprint density at radius 3 is 2.59 bits per heavy atom. The van der Waals surface area contributed by atoms with Crippen molar-refractivity contribution >= 4 is 0 Å². The van der Waals surface area contributed by atoms with Gasteiger partial charge >= 0.3 is 0 Å². The maximum absolute atomic E-state index is 9.34. The maximum atomic E-state index is 9.34. The maximum Gasteiger partial charge on any atom is 0.103 e. The van der Waals surface area contributed by atoms with E-state index in [1.807, 2.05) is 19.1 Å². The van der Waals surface area contributed by atoms with Crippen molar-refractivity contribution in [3.05, 3.63) is 24.2 Å². The third-order valence-corrected chi connectivity index (χ3v) is 3.24. The van der Waals surface area contributed by atoms with Crippen LogP contribution < -0.4 is 5.32 Å². The van der Waals surface area contributed by atoms with Gasteiger partial charge in [-0.25, -0.2) is 0 Å². The minimum Gasteiger partial charge on any atom is -0.469 e. The monoisotopic (exact) mass is 241 g/mol. The second-order valence-electron chi connectivity index (χ2n) is 4.61. The number of nitrogens with one attached hydrogen (secondary N) is 1. The van der Waals surface area contributed by atoms with Crippen LogP contribution in [0.15, 0.2) is 22.8 Å². The molecule has 0 aliphatic carbocycles. The number of aliphatic hydroxyl groups excluding tert-OH is 2. The molecule has 1 heterocycles. The summed E-state index contributed by atoms with van der Waals surface area (Å²) in [7, 11) is 0. The van der Waals surface area contributed by atoms with Crippen molar-refractivity contribution in [1.29, 1.82) is 0 Å². The van der Waals surface area contributed by atoms with Crippen LogP contribution in [0.25, 0.3) is 0 Å². The number of aliphatic hydroxyl groups is 2. The molecule has 3 N–H and O–H groups in total. The van der Waals surface area contributed by atoms with Gasteiger partial charge in [0.25, 0.3) is 0 Å². The lowest BCUT2D eigenvalue weighted by atomic mass is 9.96. The third-order valence-electron chi connectivity index (χ3n) is 3.24. The van der Waals surface area contributed by atoms with E-state index in [-0.39, 0.29) is 19.3 Å². The molecule has 1 rings (SSSR count). The van der Waals surface area contributed by atoms with Crippen molar-refractivity contribution in [2.75, 3.05) is 13.2 Å². The Kier molecular flexibility index (Phi) is 5.68. The average molecular weight is 241 g/mol. The molecule has 0 aromatic carbocycles. The predicted octanol–water partition coefficient (Wildman–Crippen LogP) is 1.32. The lowest BCUT2D eigenvalue weighted by Gasteiger charge is -2.33. The molecule has 0 amide bonds. The lowest BCUT2D eigenvalue weighted by Crippen LogP contribution is -2.54. The highest BCUT2D eigenvalue weighted by Gasteiger charge is 2.27. The molecule has 0 fully saturated rings. The van der Waals surface area contributed by atoms with E-state index in [2.05, 4.69) is 12.2 Å². The van der Waals surface area contributed by atoms with E-state index in [4.69, 9.17) is 4.42 Å². The highest BCUT2D eigenvalue weighted by Crippen LogP contribution is 2.12. The van der Waals surface area contributed by atoms with Crippen molar-refractivity contribution < 1.29 is 14.6 Å². The molecule has 0 saturated carbocycles. The molecular weight excluding hydrogens is 218 g/mol. The van der Waals surface area contributed by atoms with Crippen LogP contribution in [0.3, 0.4) is 0 Å². The Morgan fingerprint density at radius 2 is 2.12 bits per heavy atom. The molecule has 0 saturated heterocycles. The summed E-state index contributed by atoms with van der Waals surface area (Å²) in [5.41, 5.74) is -0.567. The lowest BCUT2D eigenvalue weighted by molar-refractivity contribution is 0.0782. The van der Waals surface area contributed by atoms with Crippen molar-refractivity contribution in [2.24, 2.45) is 0 Å². The SMILES string of the molecule is CCC(CO)(CO)NC(C)CCc1ccco1. The molecule has 4 heteroatoms. The molecule has 0 aliphatic rings. The van der Waals surface area contributed by atoms with Crippen LogP contribution in [0.5, 0.6) is 0 Å².